The highest BCUT2D eigenvalue weighted by Gasteiger charge is 2.56. The van der Waals surface area contributed by atoms with Gasteiger partial charge in [-0.05, 0) is 31.4 Å². The number of guanidine groups is 1. The first-order chi connectivity index (χ1) is 9.86. The number of aliphatic imine (C=N–C) groups is 1. The largest absolute Gasteiger partial charge is 0.369 e. The molecule has 7 heteroatoms. The topological polar surface area (TPSA) is 75.8 Å². The number of nitrogens with zero attached hydrogens (tertiary/aromatic N) is 2. The highest BCUT2D eigenvalue weighted by molar-refractivity contribution is 7.91. The molecule has 1 fully saturated rings. The average molecular weight is 311 g/mol. The van der Waals surface area contributed by atoms with Crippen molar-refractivity contribution in [2.75, 3.05) is 17.7 Å². The third kappa shape index (κ3) is 2.10. The van der Waals surface area contributed by atoms with Crippen LogP contribution in [0.2, 0.25) is 0 Å². The molecule has 2 atom stereocenters. The van der Waals surface area contributed by atoms with Gasteiger partial charge in [-0.15, -0.1) is 0 Å². The molecule has 0 saturated heterocycles. The Morgan fingerprint density at radius 1 is 1.43 bits per heavy atom. The Labute approximate surface area is 123 Å². The van der Waals surface area contributed by atoms with Crippen molar-refractivity contribution in [2.24, 2.45) is 10.7 Å². The number of halogens is 1. The van der Waals surface area contributed by atoms with Crippen LogP contribution in [0.4, 0.5) is 10.1 Å². The predicted octanol–water partition coefficient (Wildman–Crippen LogP) is 1.30. The second-order valence-corrected chi connectivity index (χ2v) is 8.00. The fraction of sp³-hybridized carbons (Fsp3) is 0.500. The van der Waals surface area contributed by atoms with E-state index in [1.165, 1.54) is 12.3 Å². The first-order valence-electron chi connectivity index (χ1n) is 6.90. The molecule has 0 bridgehead atoms. The summed E-state index contributed by atoms with van der Waals surface area (Å²) in [5.41, 5.74) is 5.50. The quantitative estimate of drug-likeness (QED) is 0.893. The normalized spacial score (nSPS) is 29.1. The lowest BCUT2D eigenvalue weighted by atomic mass is 9.95. The highest BCUT2D eigenvalue weighted by atomic mass is 32.2. The monoisotopic (exact) mass is 311 g/mol. The molecular formula is C14H18FN3O2S. The van der Waals surface area contributed by atoms with Gasteiger partial charge in [0.1, 0.15) is 5.82 Å². The first-order valence-corrected chi connectivity index (χ1v) is 8.85. The maximum absolute atomic E-state index is 14.2. The maximum Gasteiger partial charge on any atom is 0.196 e. The van der Waals surface area contributed by atoms with Crippen LogP contribution < -0.4 is 10.6 Å². The maximum atomic E-state index is 14.2. The number of sulfone groups is 1. The number of hydrogen-bond donors (Lipinski definition) is 1. The molecule has 1 spiro atoms. The molecule has 2 aliphatic rings. The van der Waals surface area contributed by atoms with Crippen molar-refractivity contribution in [1.82, 2.24) is 0 Å². The third-order valence-electron chi connectivity index (χ3n) is 4.47. The van der Waals surface area contributed by atoms with Crippen LogP contribution in [-0.2, 0) is 9.84 Å². The van der Waals surface area contributed by atoms with Gasteiger partial charge in [0, 0.05) is 6.26 Å². The summed E-state index contributed by atoms with van der Waals surface area (Å²) >= 11 is 0. The average Bonchev–Trinajstić information content (AvgIpc) is 2.96. The minimum atomic E-state index is -3.26. The number of hydrogen-bond acceptors (Lipinski definition) is 5. The van der Waals surface area contributed by atoms with E-state index in [0.717, 1.165) is 6.42 Å². The van der Waals surface area contributed by atoms with Crippen molar-refractivity contribution in [3.63, 3.8) is 0 Å². The lowest BCUT2D eigenvalue weighted by Crippen LogP contribution is -2.58. The standard InChI is InChI=1S/C14H18FN3O2S/c1-21(19,20)12-7-4-8-14(12)9-17-13(16)18(14)11-6-3-2-5-10(11)15/h2-3,5-6,12H,4,7-9H2,1H3,(H2,16,17). The van der Waals surface area contributed by atoms with Gasteiger partial charge in [-0.2, -0.15) is 0 Å². The Morgan fingerprint density at radius 3 is 2.81 bits per heavy atom. The molecule has 2 unspecified atom stereocenters. The molecule has 1 saturated carbocycles. The Hall–Kier alpha value is -1.63. The van der Waals surface area contributed by atoms with E-state index in [2.05, 4.69) is 4.99 Å². The molecular weight excluding hydrogens is 293 g/mol. The van der Waals surface area contributed by atoms with Gasteiger partial charge in [0.05, 0.1) is 23.0 Å². The van der Waals surface area contributed by atoms with Crippen LogP contribution in [0.15, 0.2) is 29.3 Å². The SMILES string of the molecule is CS(=O)(=O)C1CCCC12CN=C(N)N2c1ccccc1F. The number of anilines is 1. The number of benzene rings is 1. The Bertz CT molecular complexity index is 704. The van der Waals surface area contributed by atoms with Crippen molar-refractivity contribution >= 4 is 21.5 Å². The van der Waals surface area contributed by atoms with E-state index in [4.69, 9.17) is 5.73 Å². The smallest absolute Gasteiger partial charge is 0.196 e. The number of para-hydroxylation sites is 1. The Balaban J connectivity index is 2.13. The van der Waals surface area contributed by atoms with Crippen molar-refractivity contribution < 1.29 is 12.8 Å². The summed E-state index contributed by atoms with van der Waals surface area (Å²) in [4.78, 5) is 5.82. The van der Waals surface area contributed by atoms with Crippen LogP contribution in [0, 0.1) is 5.82 Å². The van der Waals surface area contributed by atoms with Gasteiger partial charge in [0.15, 0.2) is 15.8 Å². The second kappa shape index (κ2) is 4.69. The number of rotatable bonds is 2. The molecule has 0 amide bonds. The second-order valence-electron chi connectivity index (χ2n) is 5.78. The molecule has 1 aromatic carbocycles. The van der Waals surface area contributed by atoms with Crippen molar-refractivity contribution in [3.8, 4) is 0 Å². The zero-order chi connectivity index (χ0) is 15.3. The molecule has 1 aliphatic heterocycles. The Kier molecular flexibility index (Phi) is 3.20. The molecule has 0 radical (unpaired) electrons. The van der Waals surface area contributed by atoms with Crippen molar-refractivity contribution in [2.45, 2.75) is 30.1 Å². The summed E-state index contributed by atoms with van der Waals surface area (Å²) in [6.45, 7) is 0.297. The Morgan fingerprint density at radius 2 is 2.14 bits per heavy atom. The summed E-state index contributed by atoms with van der Waals surface area (Å²) in [5, 5.41) is -0.575. The van der Waals surface area contributed by atoms with E-state index < -0.39 is 26.4 Å². The third-order valence-corrected chi connectivity index (χ3v) is 6.18. The van der Waals surface area contributed by atoms with E-state index >= 15 is 0 Å². The van der Waals surface area contributed by atoms with Crippen LogP contribution in [0.3, 0.4) is 0 Å². The summed E-state index contributed by atoms with van der Waals surface area (Å²) in [7, 11) is -3.26. The minimum Gasteiger partial charge on any atom is -0.369 e. The van der Waals surface area contributed by atoms with Gasteiger partial charge >= 0.3 is 0 Å². The van der Waals surface area contributed by atoms with Crippen molar-refractivity contribution in [3.05, 3.63) is 30.1 Å². The fourth-order valence-corrected chi connectivity index (χ4v) is 5.35. The lowest BCUT2D eigenvalue weighted by molar-refractivity contribution is 0.456. The van der Waals surface area contributed by atoms with Gasteiger partial charge in [-0.25, -0.2) is 12.8 Å². The molecule has 21 heavy (non-hydrogen) atoms. The summed E-state index contributed by atoms with van der Waals surface area (Å²) in [6.07, 6.45) is 3.21. The van der Waals surface area contributed by atoms with Gasteiger partial charge in [0.25, 0.3) is 0 Å². The zero-order valence-corrected chi connectivity index (χ0v) is 12.6. The molecule has 3 rings (SSSR count). The van der Waals surface area contributed by atoms with E-state index in [1.54, 1.807) is 23.1 Å². The summed E-state index contributed by atoms with van der Waals surface area (Å²) in [5.74, 6) is -0.230. The highest BCUT2D eigenvalue weighted by Crippen LogP contribution is 2.44. The van der Waals surface area contributed by atoms with E-state index in [0.29, 0.717) is 25.1 Å². The van der Waals surface area contributed by atoms with Crippen LogP contribution in [-0.4, -0.2) is 38.0 Å². The first kappa shape index (κ1) is 14.3. The molecule has 114 valence electrons. The number of nitrogens with two attached hydrogens (primary N) is 1. The van der Waals surface area contributed by atoms with Gasteiger partial charge in [-0.3, -0.25) is 4.99 Å². The molecule has 2 N–H and O–H groups in total. The van der Waals surface area contributed by atoms with Gasteiger partial charge in [-0.1, -0.05) is 12.1 Å². The summed E-state index contributed by atoms with van der Waals surface area (Å²) in [6, 6.07) is 6.27. The minimum absolute atomic E-state index is 0.190. The summed E-state index contributed by atoms with van der Waals surface area (Å²) < 4.78 is 38.5. The van der Waals surface area contributed by atoms with Crippen LogP contribution >= 0.6 is 0 Å². The molecule has 1 heterocycles. The fourth-order valence-electron chi connectivity index (χ4n) is 3.66. The van der Waals surface area contributed by atoms with Gasteiger partial charge in [0.2, 0.25) is 0 Å². The van der Waals surface area contributed by atoms with E-state index in [9.17, 15) is 12.8 Å². The molecule has 1 aromatic rings. The predicted molar refractivity (Wildman–Crippen MR) is 80.6 cm³/mol. The van der Waals surface area contributed by atoms with E-state index in [1.807, 2.05) is 0 Å². The van der Waals surface area contributed by atoms with Crippen LogP contribution in [0.25, 0.3) is 0 Å². The zero-order valence-electron chi connectivity index (χ0n) is 11.8. The van der Waals surface area contributed by atoms with E-state index in [-0.39, 0.29) is 5.96 Å². The molecule has 5 nitrogen and oxygen atoms in total. The van der Waals surface area contributed by atoms with Crippen LogP contribution in [0.5, 0.6) is 0 Å². The van der Waals surface area contributed by atoms with Gasteiger partial charge < -0.3 is 10.6 Å². The molecule has 1 aliphatic carbocycles. The molecule has 0 aromatic heterocycles. The lowest BCUT2D eigenvalue weighted by Gasteiger charge is -2.40. The van der Waals surface area contributed by atoms with Crippen molar-refractivity contribution in [1.29, 1.82) is 0 Å². The van der Waals surface area contributed by atoms with Crippen LogP contribution in [0.1, 0.15) is 19.3 Å².